The Kier molecular flexibility index (Phi) is 3.32. The number of rotatable bonds is 4. The Labute approximate surface area is 135 Å². The summed E-state index contributed by atoms with van der Waals surface area (Å²) in [4.78, 5) is 11.0. The van der Waals surface area contributed by atoms with E-state index in [1.54, 1.807) is 18.0 Å². The third-order valence-corrected chi connectivity index (χ3v) is 5.40. The van der Waals surface area contributed by atoms with E-state index in [-0.39, 0.29) is 5.41 Å². The lowest BCUT2D eigenvalue weighted by atomic mass is 9.57. The van der Waals surface area contributed by atoms with Crippen molar-refractivity contribution in [3.8, 4) is 0 Å². The van der Waals surface area contributed by atoms with Crippen LogP contribution in [0.25, 0.3) is 5.78 Å². The minimum atomic E-state index is 0.119. The third-order valence-electron chi connectivity index (χ3n) is 5.40. The highest BCUT2D eigenvalue weighted by Crippen LogP contribution is 2.54. The fraction of sp³-hybridized carbons (Fsp3) is 0.688. The molecule has 0 aromatic carbocycles. The Morgan fingerprint density at radius 3 is 3.09 bits per heavy atom. The maximum atomic E-state index is 5.92. The Morgan fingerprint density at radius 1 is 1.48 bits per heavy atom. The molecule has 1 aliphatic heterocycles. The molecule has 1 saturated carbocycles. The molecule has 0 spiro atoms. The lowest BCUT2D eigenvalue weighted by Crippen LogP contribution is -2.66. The van der Waals surface area contributed by atoms with E-state index in [1.807, 2.05) is 6.07 Å². The van der Waals surface area contributed by atoms with E-state index < -0.39 is 0 Å². The molecule has 124 valence electrons. The van der Waals surface area contributed by atoms with Gasteiger partial charge in [-0.15, -0.1) is 0 Å². The molecule has 0 bridgehead atoms. The van der Waals surface area contributed by atoms with Gasteiger partial charge in [0, 0.05) is 44.2 Å². The monoisotopic (exact) mass is 317 g/mol. The predicted octanol–water partition coefficient (Wildman–Crippen LogP) is 1.52. The highest BCUT2D eigenvalue weighted by Gasteiger charge is 2.61. The van der Waals surface area contributed by atoms with Crippen LogP contribution in [0.2, 0.25) is 0 Å². The molecule has 7 nitrogen and oxygen atoms in total. The maximum absolute atomic E-state index is 5.92. The van der Waals surface area contributed by atoms with Crippen LogP contribution < -0.4 is 4.90 Å². The summed E-state index contributed by atoms with van der Waals surface area (Å²) in [5.74, 6) is 2.19. The number of hydrogen-bond acceptors (Lipinski definition) is 6. The molecule has 4 rings (SSSR count). The number of fused-ring (bicyclic) bond motifs is 2. The highest BCUT2D eigenvalue weighted by molar-refractivity contribution is 5.49. The first-order chi connectivity index (χ1) is 11.0. The first-order valence-corrected chi connectivity index (χ1v) is 8.07. The summed E-state index contributed by atoms with van der Waals surface area (Å²) in [5.41, 5.74) is 0.985. The first kappa shape index (κ1) is 14.8. The summed E-state index contributed by atoms with van der Waals surface area (Å²) in [6.45, 7) is 5.91. The van der Waals surface area contributed by atoms with Crippen molar-refractivity contribution in [3.05, 3.63) is 18.1 Å². The quantitative estimate of drug-likeness (QED) is 0.852. The number of hydrogen-bond donors (Lipinski definition) is 0. The molecule has 7 heteroatoms. The fourth-order valence-electron chi connectivity index (χ4n) is 4.54. The van der Waals surface area contributed by atoms with Crippen LogP contribution in [0.4, 0.5) is 5.82 Å². The average Bonchev–Trinajstić information content (AvgIpc) is 3.13. The van der Waals surface area contributed by atoms with E-state index in [9.17, 15) is 0 Å². The zero-order valence-electron chi connectivity index (χ0n) is 14.1. The smallest absolute Gasteiger partial charge is 0.254 e. The lowest BCUT2D eigenvalue weighted by molar-refractivity contribution is -0.101. The van der Waals surface area contributed by atoms with E-state index in [2.05, 4.69) is 40.9 Å². The molecule has 2 aromatic heterocycles. The summed E-state index contributed by atoms with van der Waals surface area (Å²) < 4.78 is 13.0. The van der Waals surface area contributed by atoms with Crippen LogP contribution in [0.3, 0.4) is 0 Å². The van der Waals surface area contributed by atoms with Gasteiger partial charge in [0.05, 0.1) is 18.4 Å². The van der Waals surface area contributed by atoms with Crippen molar-refractivity contribution in [2.24, 2.45) is 11.3 Å². The van der Waals surface area contributed by atoms with E-state index >= 15 is 0 Å². The molecular formula is C16H23N5O2. The molecule has 2 aromatic rings. The predicted molar refractivity (Wildman–Crippen MR) is 85.3 cm³/mol. The van der Waals surface area contributed by atoms with Crippen molar-refractivity contribution in [1.29, 1.82) is 0 Å². The average molecular weight is 317 g/mol. The van der Waals surface area contributed by atoms with Gasteiger partial charge in [-0.25, -0.2) is 4.98 Å². The molecule has 2 fully saturated rings. The van der Waals surface area contributed by atoms with Gasteiger partial charge in [-0.05, 0) is 6.42 Å². The number of aromatic nitrogens is 4. The van der Waals surface area contributed by atoms with Gasteiger partial charge in [0.1, 0.15) is 12.1 Å². The van der Waals surface area contributed by atoms with E-state index in [4.69, 9.17) is 9.47 Å². The lowest BCUT2D eigenvalue weighted by Gasteiger charge is -2.58. The summed E-state index contributed by atoms with van der Waals surface area (Å²) in [6.07, 6.45) is 3.03. The Bertz CT molecular complexity index is 728. The third kappa shape index (κ3) is 2.06. The standard InChI is InChI=1S/C16H23N5O2/c1-16(2)13(11-5-6-23-14(11)16)20(3)12-7-10(8-22-4)19-15-17-9-18-21(12)15/h7,9,11,13-14H,5-6,8H2,1-4H3. The normalized spacial score (nSPS) is 28.6. The molecule has 1 saturated heterocycles. The molecule has 3 heterocycles. The molecular weight excluding hydrogens is 294 g/mol. The van der Waals surface area contributed by atoms with E-state index in [0.29, 0.717) is 30.4 Å². The number of ether oxygens (including phenoxy) is 2. The summed E-state index contributed by atoms with van der Waals surface area (Å²) >= 11 is 0. The van der Waals surface area contributed by atoms with Crippen LogP contribution in [0, 0.1) is 11.3 Å². The summed E-state index contributed by atoms with van der Waals surface area (Å²) in [5, 5.41) is 4.34. The molecule has 1 aliphatic carbocycles. The van der Waals surface area contributed by atoms with Gasteiger partial charge < -0.3 is 14.4 Å². The van der Waals surface area contributed by atoms with Gasteiger partial charge in [-0.1, -0.05) is 13.8 Å². The second-order valence-electron chi connectivity index (χ2n) is 7.13. The molecule has 0 amide bonds. The van der Waals surface area contributed by atoms with E-state index in [0.717, 1.165) is 24.5 Å². The molecule has 0 radical (unpaired) electrons. The van der Waals surface area contributed by atoms with Crippen molar-refractivity contribution in [1.82, 2.24) is 19.6 Å². The van der Waals surface area contributed by atoms with E-state index in [1.165, 1.54) is 0 Å². The second kappa shape index (κ2) is 5.14. The Balaban J connectivity index is 1.74. The highest BCUT2D eigenvalue weighted by atomic mass is 16.5. The molecule has 2 aliphatic rings. The minimum Gasteiger partial charge on any atom is -0.378 e. The number of methoxy groups -OCH3 is 1. The van der Waals surface area contributed by atoms with Crippen molar-refractivity contribution < 1.29 is 9.47 Å². The van der Waals surface area contributed by atoms with Gasteiger partial charge in [-0.3, -0.25) is 0 Å². The van der Waals surface area contributed by atoms with Crippen LogP contribution in [-0.2, 0) is 16.1 Å². The second-order valence-corrected chi connectivity index (χ2v) is 7.13. The largest absolute Gasteiger partial charge is 0.378 e. The molecule has 3 unspecified atom stereocenters. The van der Waals surface area contributed by atoms with Gasteiger partial charge >= 0.3 is 0 Å². The SMILES string of the molecule is COCc1cc(N(C)C2C3CCOC3C2(C)C)n2ncnc2n1. The van der Waals surface area contributed by atoms with Gasteiger partial charge in [0.25, 0.3) is 5.78 Å². The van der Waals surface area contributed by atoms with Crippen molar-refractivity contribution in [3.63, 3.8) is 0 Å². The maximum Gasteiger partial charge on any atom is 0.254 e. The Morgan fingerprint density at radius 2 is 2.30 bits per heavy atom. The van der Waals surface area contributed by atoms with Gasteiger partial charge in [0.15, 0.2) is 0 Å². The van der Waals surface area contributed by atoms with Crippen LogP contribution >= 0.6 is 0 Å². The van der Waals surface area contributed by atoms with Gasteiger partial charge in [-0.2, -0.15) is 14.6 Å². The zero-order valence-corrected chi connectivity index (χ0v) is 14.1. The van der Waals surface area contributed by atoms with Crippen molar-refractivity contribution in [2.45, 2.75) is 39.0 Å². The first-order valence-electron chi connectivity index (χ1n) is 8.07. The fourth-order valence-corrected chi connectivity index (χ4v) is 4.54. The summed E-state index contributed by atoms with van der Waals surface area (Å²) in [6, 6.07) is 2.46. The van der Waals surface area contributed by atoms with Gasteiger partial charge in [0.2, 0.25) is 0 Å². The number of nitrogens with zero attached hydrogens (tertiary/aromatic N) is 5. The molecule has 0 N–H and O–H groups in total. The van der Waals surface area contributed by atoms with Crippen molar-refractivity contribution >= 4 is 11.6 Å². The Hall–Kier alpha value is -1.73. The van der Waals surface area contributed by atoms with Crippen LogP contribution in [-0.4, -0.2) is 52.5 Å². The minimum absolute atomic E-state index is 0.119. The van der Waals surface area contributed by atoms with Crippen molar-refractivity contribution in [2.75, 3.05) is 25.7 Å². The summed E-state index contributed by atoms with van der Waals surface area (Å²) in [7, 11) is 3.81. The zero-order chi connectivity index (χ0) is 16.2. The number of anilines is 1. The molecule has 23 heavy (non-hydrogen) atoms. The van der Waals surface area contributed by atoms with Crippen LogP contribution in [0.5, 0.6) is 0 Å². The van der Waals surface area contributed by atoms with Crippen LogP contribution in [0.15, 0.2) is 12.4 Å². The molecule has 3 atom stereocenters. The van der Waals surface area contributed by atoms with Crippen LogP contribution in [0.1, 0.15) is 26.0 Å². The topological polar surface area (TPSA) is 64.8 Å².